The van der Waals surface area contributed by atoms with Crippen molar-refractivity contribution in [2.75, 3.05) is 18.0 Å². The van der Waals surface area contributed by atoms with Gasteiger partial charge >= 0.3 is 0 Å². The van der Waals surface area contributed by atoms with E-state index in [-0.39, 0.29) is 6.10 Å². The van der Waals surface area contributed by atoms with Crippen LogP contribution >= 0.6 is 15.9 Å². The lowest BCUT2D eigenvalue weighted by atomic mass is 10.3. The van der Waals surface area contributed by atoms with Gasteiger partial charge in [0.15, 0.2) is 0 Å². The summed E-state index contributed by atoms with van der Waals surface area (Å²) in [5.74, 6) is 0.936. The Labute approximate surface area is 85.5 Å². The Hall–Kier alpha value is -0.610. The normalized spacial score (nSPS) is 22.3. The third-order valence-corrected chi connectivity index (χ3v) is 2.63. The lowest BCUT2D eigenvalue weighted by molar-refractivity contribution is 0.198. The number of hydrogen-bond acceptors (Lipinski definition) is 3. The van der Waals surface area contributed by atoms with Crippen molar-refractivity contribution in [2.45, 2.75) is 12.5 Å². The molecule has 0 bridgehead atoms. The third-order valence-electron chi connectivity index (χ3n) is 2.19. The first kappa shape index (κ1) is 8.97. The second kappa shape index (κ2) is 3.64. The number of β-amino-alcohol motifs (C(OH)–C–C–N with tert-alkyl or cyclic N) is 1. The van der Waals surface area contributed by atoms with E-state index in [0.717, 1.165) is 23.4 Å². The highest BCUT2D eigenvalue weighted by atomic mass is 79.9. The molecule has 3 nitrogen and oxygen atoms in total. The van der Waals surface area contributed by atoms with Crippen molar-refractivity contribution in [3.05, 3.63) is 22.8 Å². The number of aliphatic hydroxyl groups excluding tert-OH is 1. The number of rotatable bonds is 1. The molecule has 0 spiro atoms. The van der Waals surface area contributed by atoms with E-state index in [4.69, 9.17) is 0 Å². The summed E-state index contributed by atoms with van der Waals surface area (Å²) in [6, 6.07) is 5.82. The molecule has 1 aromatic rings. The highest BCUT2D eigenvalue weighted by Gasteiger charge is 2.20. The molecule has 2 heterocycles. The van der Waals surface area contributed by atoms with E-state index in [1.165, 1.54) is 0 Å². The molecule has 0 aliphatic carbocycles. The van der Waals surface area contributed by atoms with Crippen LogP contribution in [-0.4, -0.2) is 29.3 Å². The minimum atomic E-state index is -0.194. The van der Waals surface area contributed by atoms with E-state index in [1.807, 2.05) is 18.2 Å². The number of pyridine rings is 1. The van der Waals surface area contributed by atoms with Gasteiger partial charge in [0, 0.05) is 13.1 Å². The van der Waals surface area contributed by atoms with Gasteiger partial charge in [-0.05, 0) is 34.5 Å². The van der Waals surface area contributed by atoms with Gasteiger partial charge in [0.1, 0.15) is 10.4 Å². The number of hydrogen-bond donors (Lipinski definition) is 1. The van der Waals surface area contributed by atoms with Crippen LogP contribution in [0.4, 0.5) is 5.82 Å². The predicted molar refractivity (Wildman–Crippen MR) is 54.8 cm³/mol. The molecule has 0 unspecified atom stereocenters. The summed E-state index contributed by atoms with van der Waals surface area (Å²) in [5.41, 5.74) is 0. The molecule has 0 radical (unpaired) electrons. The molecule has 1 atom stereocenters. The molecule has 0 aromatic carbocycles. The Morgan fingerprint density at radius 1 is 1.54 bits per heavy atom. The van der Waals surface area contributed by atoms with E-state index < -0.39 is 0 Å². The zero-order chi connectivity index (χ0) is 9.26. The van der Waals surface area contributed by atoms with Crippen LogP contribution in [0, 0.1) is 0 Å². The summed E-state index contributed by atoms with van der Waals surface area (Å²) in [6.45, 7) is 1.59. The molecule has 1 aliphatic heterocycles. The molecule has 1 aromatic heterocycles. The second-order valence-corrected chi connectivity index (χ2v) is 4.02. The first-order valence-electron chi connectivity index (χ1n) is 4.31. The van der Waals surface area contributed by atoms with Gasteiger partial charge < -0.3 is 10.0 Å². The van der Waals surface area contributed by atoms with E-state index in [0.29, 0.717) is 6.54 Å². The van der Waals surface area contributed by atoms with E-state index in [1.54, 1.807) is 0 Å². The highest BCUT2D eigenvalue weighted by Crippen LogP contribution is 2.19. The monoisotopic (exact) mass is 242 g/mol. The van der Waals surface area contributed by atoms with Crippen molar-refractivity contribution in [1.29, 1.82) is 0 Å². The molecular weight excluding hydrogens is 232 g/mol. The molecule has 1 aliphatic rings. The Kier molecular flexibility index (Phi) is 2.51. The molecule has 1 fully saturated rings. The third kappa shape index (κ3) is 2.00. The largest absolute Gasteiger partial charge is 0.391 e. The fraction of sp³-hybridized carbons (Fsp3) is 0.444. The molecule has 0 amide bonds. The maximum absolute atomic E-state index is 9.35. The standard InChI is InChI=1S/C9H11BrN2O/c10-8-2-1-3-9(11-8)12-5-4-7(13)6-12/h1-3,7,13H,4-6H2/t7-/m0/s1. The van der Waals surface area contributed by atoms with Crippen LogP contribution in [0.15, 0.2) is 22.8 Å². The fourth-order valence-corrected chi connectivity index (χ4v) is 1.86. The van der Waals surface area contributed by atoms with Gasteiger partial charge in [0.2, 0.25) is 0 Å². The van der Waals surface area contributed by atoms with E-state index in [2.05, 4.69) is 25.8 Å². The Balaban J connectivity index is 2.16. The number of aromatic nitrogens is 1. The average molecular weight is 243 g/mol. The molecular formula is C9H11BrN2O. The van der Waals surface area contributed by atoms with Crippen LogP contribution < -0.4 is 4.90 Å². The minimum absolute atomic E-state index is 0.194. The molecule has 0 saturated carbocycles. The van der Waals surface area contributed by atoms with Gasteiger partial charge in [-0.15, -0.1) is 0 Å². The topological polar surface area (TPSA) is 36.4 Å². The second-order valence-electron chi connectivity index (χ2n) is 3.21. The quantitative estimate of drug-likeness (QED) is 0.757. The van der Waals surface area contributed by atoms with Crippen molar-refractivity contribution in [3.63, 3.8) is 0 Å². The fourth-order valence-electron chi connectivity index (χ4n) is 1.52. The zero-order valence-corrected chi connectivity index (χ0v) is 8.74. The summed E-state index contributed by atoms with van der Waals surface area (Å²) in [4.78, 5) is 6.41. The van der Waals surface area contributed by atoms with Crippen LogP contribution in [0.3, 0.4) is 0 Å². The Morgan fingerprint density at radius 2 is 2.38 bits per heavy atom. The molecule has 70 valence electrons. The average Bonchev–Trinajstić information content (AvgIpc) is 2.52. The van der Waals surface area contributed by atoms with Crippen LogP contribution in [0.25, 0.3) is 0 Å². The van der Waals surface area contributed by atoms with Crippen LogP contribution in [0.1, 0.15) is 6.42 Å². The first-order valence-corrected chi connectivity index (χ1v) is 5.10. The van der Waals surface area contributed by atoms with Gasteiger partial charge in [0.25, 0.3) is 0 Å². The SMILES string of the molecule is O[C@H]1CCN(c2cccc(Br)n2)C1. The summed E-state index contributed by atoms with van der Waals surface area (Å²) in [6.07, 6.45) is 0.648. The molecule has 13 heavy (non-hydrogen) atoms. The first-order chi connectivity index (χ1) is 6.25. The van der Waals surface area contributed by atoms with E-state index >= 15 is 0 Å². The number of anilines is 1. The van der Waals surface area contributed by atoms with Crippen LogP contribution in [0.5, 0.6) is 0 Å². The number of aliphatic hydroxyl groups is 1. The van der Waals surface area contributed by atoms with Crippen molar-refractivity contribution in [1.82, 2.24) is 4.98 Å². The van der Waals surface area contributed by atoms with Gasteiger partial charge in [0.05, 0.1) is 6.10 Å². The van der Waals surface area contributed by atoms with Crippen molar-refractivity contribution in [2.24, 2.45) is 0 Å². The summed E-state index contributed by atoms with van der Waals surface area (Å²) in [7, 11) is 0. The molecule has 2 rings (SSSR count). The number of halogens is 1. The molecule has 1 N–H and O–H groups in total. The smallest absolute Gasteiger partial charge is 0.129 e. The Bertz CT molecular complexity index is 305. The van der Waals surface area contributed by atoms with Crippen LogP contribution in [0.2, 0.25) is 0 Å². The highest BCUT2D eigenvalue weighted by molar-refractivity contribution is 9.10. The summed E-state index contributed by atoms with van der Waals surface area (Å²) in [5, 5.41) is 9.35. The molecule has 4 heteroatoms. The van der Waals surface area contributed by atoms with Gasteiger partial charge in [-0.1, -0.05) is 6.07 Å². The van der Waals surface area contributed by atoms with Crippen molar-refractivity contribution >= 4 is 21.7 Å². The predicted octanol–water partition coefficient (Wildman–Crippen LogP) is 1.42. The zero-order valence-electron chi connectivity index (χ0n) is 7.15. The Morgan fingerprint density at radius 3 is 3.00 bits per heavy atom. The van der Waals surface area contributed by atoms with Crippen LogP contribution in [-0.2, 0) is 0 Å². The van der Waals surface area contributed by atoms with E-state index in [9.17, 15) is 5.11 Å². The molecule has 1 saturated heterocycles. The van der Waals surface area contributed by atoms with Gasteiger partial charge in [-0.3, -0.25) is 0 Å². The summed E-state index contributed by atoms with van der Waals surface area (Å²) < 4.78 is 0.839. The number of nitrogens with zero attached hydrogens (tertiary/aromatic N) is 2. The maximum Gasteiger partial charge on any atom is 0.129 e. The minimum Gasteiger partial charge on any atom is -0.391 e. The lowest BCUT2D eigenvalue weighted by Gasteiger charge is -2.16. The lowest BCUT2D eigenvalue weighted by Crippen LogP contribution is -2.22. The van der Waals surface area contributed by atoms with Gasteiger partial charge in [-0.2, -0.15) is 0 Å². The van der Waals surface area contributed by atoms with Crippen molar-refractivity contribution < 1.29 is 5.11 Å². The van der Waals surface area contributed by atoms with Gasteiger partial charge in [-0.25, -0.2) is 4.98 Å². The maximum atomic E-state index is 9.35. The summed E-state index contributed by atoms with van der Waals surface area (Å²) >= 11 is 3.32. The van der Waals surface area contributed by atoms with Crippen molar-refractivity contribution in [3.8, 4) is 0 Å².